The van der Waals surface area contributed by atoms with Crippen LogP contribution in [0.15, 0.2) is 59.1 Å². The van der Waals surface area contributed by atoms with Gasteiger partial charge in [0, 0.05) is 24.7 Å². The topological polar surface area (TPSA) is 51.0 Å². The maximum Gasteiger partial charge on any atom is 0.223 e. The Bertz CT molecular complexity index is 692. The zero-order valence-corrected chi connectivity index (χ0v) is 11.2. The third-order valence-electron chi connectivity index (χ3n) is 3.02. The number of anilines is 1. The number of hydrogen-bond donors (Lipinski definition) is 1. The van der Waals surface area contributed by atoms with Gasteiger partial charge in [0.2, 0.25) is 11.7 Å². The second kappa shape index (κ2) is 5.57. The summed E-state index contributed by atoms with van der Waals surface area (Å²) in [6, 6.07) is 18.2. The second-order valence-electron chi connectivity index (χ2n) is 4.52. The molecule has 0 saturated heterocycles. The van der Waals surface area contributed by atoms with Crippen LogP contribution in [0.1, 0.15) is 11.5 Å². The van der Waals surface area contributed by atoms with E-state index >= 15 is 0 Å². The van der Waals surface area contributed by atoms with E-state index in [-0.39, 0.29) is 0 Å². The number of aromatic nitrogens is 2. The molecule has 1 heterocycles. The molecule has 3 rings (SSSR count). The molecule has 0 amide bonds. The molecule has 0 spiro atoms. The van der Waals surface area contributed by atoms with E-state index in [1.807, 2.05) is 42.5 Å². The minimum Gasteiger partial charge on any atom is -0.380 e. The Labute approximate surface area is 117 Å². The molecule has 0 atom stereocenters. The molecular formula is C16H15N3O. The standard InChI is InChI=1S/C16H15N3O/c1-12-18-16(19-20-12)14-9-5-6-10-15(14)17-11-13-7-3-2-4-8-13/h2-10,17H,11H2,1H3. The Kier molecular flexibility index (Phi) is 3.46. The lowest BCUT2D eigenvalue weighted by Gasteiger charge is -2.09. The van der Waals surface area contributed by atoms with E-state index in [1.54, 1.807) is 6.92 Å². The van der Waals surface area contributed by atoms with Crippen molar-refractivity contribution in [2.24, 2.45) is 0 Å². The fraction of sp³-hybridized carbons (Fsp3) is 0.125. The first-order valence-electron chi connectivity index (χ1n) is 6.50. The Morgan fingerprint density at radius 2 is 1.75 bits per heavy atom. The van der Waals surface area contributed by atoms with Gasteiger partial charge in [0.15, 0.2) is 0 Å². The van der Waals surface area contributed by atoms with Crippen molar-refractivity contribution >= 4 is 5.69 Å². The zero-order chi connectivity index (χ0) is 13.8. The van der Waals surface area contributed by atoms with Crippen LogP contribution in [0.25, 0.3) is 11.4 Å². The molecule has 0 aliphatic heterocycles. The van der Waals surface area contributed by atoms with Crippen molar-refractivity contribution in [3.8, 4) is 11.4 Å². The van der Waals surface area contributed by atoms with Crippen LogP contribution in [0.4, 0.5) is 5.69 Å². The van der Waals surface area contributed by atoms with Crippen LogP contribution < -0.4 is 5.32 Å². The van der Waals surface area contributed by atoms with Crippen LogP contribution >= 0.6 is 0 Å². The Morgan fingerprint density at radius 3 is 2.50 bits per heavy atom. The molecular weight excluding hydrogens is 250 g/mol. The Hall–Kier alpha value is -2.62. The van der Waals surface area contributed by atoms with Gasteiger partial charge in [-0.15, -0.1) is 0 Å². The van der Waals surface area contributed by atoms with Crippen molar-refractivity contribution in [1.29, 1.82) is 0 Å². The number of benzene rings is 2. The molecule has 0 bridgehead atoms. The van der Waals surface area contributed by atoms with E-state index in [2.05, 4.69) is 27.6 Å². The molecule has 0 unspecified atom stereocenters. The minimum atomic E-state index is 0.567. The summed E-state index contributed by atoms with van der Waals surface area (Å²) in [6.45, 7) is 2.55. The number of nitrogens with zero attached hydrogens (tertiary/aromatic N) is 2. The van der Waals surface area contributed by atoms with Crippen LogP contribution in [0.2, 0.25) is 0 Å². The molecule has 1 aromatic heterocycles. The number of para-hydroxylation sites is 1. The van der Waals surface area contributed by atoms with Gasteiger partial charge in [-0.05, 0) is 17.7 Å². The highest BCUT2D eigenvalue weighted by atomic mass is 16.5. The average Bonchev–Trinajstić information content (AvgIpc) is 2.93. The number of aryl methyl sites for hydroxylation is 1. The lowest BCUT2D eigenvalue weighted by Crippen LogP contribution is -2.01. The summed E-state index contributed by atoms with van der Waals surface area (Å²) in [4.78, 5) is 4.28. The maximum absolute atomic E-state index is 5.05. The highest BCUT2D eigenvalue weighted by Crippen LogP contribution is 2.25. The van der Waals surface area contributed by atoms with Gasteiger partial charge >= 0.3 is 0 Å². The van der Waals surface area contributed by atoms with Crippen molar-refractivity contribution in [3.63, 3.8) is 0 Å². The molecule has 0 fully saturated rings. The van der Waals surface area contributed by atoms with Crippen LogP contribution in [0.5, 0.6) is 0 Å². The Morgan fingerprint density at radius 1 is 1.00 bits per heavy atom. The molecule has 20 heavy (non-hydrogen) atoms. The summed E-state index contributed by atoms with van der Waals surface area (Å²) in [5, 5.41) is 7.39. The molecule has 3 aromatic rings. The van der Waals surface area contributed by atoms with Gasteiger partial charge in [-0.3, -0.25) is 0 Å². The molecule has 0 radical (unpaired) electrons. The number of rotatable bonds is 4. The van der Waals surface area contributed by atoms with Crippen LogP contribution in [-0.4, -0.2) is 10.1 Å². The van der Waals surface area contributed by atoms with E-state index in [9.17, 15) is 0 Å². The van der Waals surface area contributed by atoms with Crippen molar-refractivity contribution in [2.45, 2.75) is 13.5 Å². The predicted octanol–water partition coefficient (Wildman–Crippen LogP) is 3.66. The van der Waals surface area contributed by atoms with Gasteiger partial charge in [-0.25, -0.2) is 0 Å². The fourth-order valence-corrected chi connectivity index (χ4v) is 2.03. The lowest BCUT2D eigenvalue weighted by molar-refractivity contribution is 0.394. The highest BCUT2D eigenvalue weighted by Gasteiger charge is 2.10. The Balaban J connectivity index is 1.83. The minimum absolute atomic E-state index is 0.567. The molecule has 4 nitrogen and oxygen atoms in total. The van der Waals surface area contributed by atoms with Crippen LogP contribution in [-0.2, 0) is 6.54 Å². The van der Waals surface area contributed by atoms with Crippen molar-refractivity contribution in [1.82, 2.24) is 10.1 Å². The van der Waals surface area contributed by atoms with Crippen LogP contribution in [0, 0.1) is 6.92 Å². The van der Waals surface area contributed by atoms with E-state index in [4.69, 9.17) is 4.52 Å². The predicted molar refractivity (Wildman–Crippen MR) is 78.2 cm³/mol. The summed E-state index contributed by atoms with van der Waals surface area (Å²) in [6.07, 6.45) is 0. The third kappa shape index (κ3) is 2.69. The SMILES string of the molecule is Cc1nc(-c2ccccc2NCc2ccccc2)no1. The summed E-state index contributed by atoms with van der Waals surface area (Å²) in [5.41, 5.74) is 3.17. The first-order valence-corrected chi connectivity index (χ1v) is 6.50. The first kappa shape index (κ1) is 12.4. The number of hydrogen-bond acceptors (Lipinski definition) is 4. The molecule has 100 valence electrons. The number of nitrogens with one attached hydrogen (secondary N) is 1. The maximum atomic E-state index is 5.05. The van der Waals surface area contributed by atoms with Gasteiger partial charge in [0.05, 0.1) is 0 Å². The van der Waals surface area contributed by atoms with Crippen molar-refractivity contribution in [3.05, 3.63) is 66.1 Å². The quantitative estimate of drug-likeness (QED) is 0.782. The van der Waals surface area contributed by atoms with Gasteiger partial charge in [0.1, 0.15) is 0 Å². The van der Waals surface area contributed by atoms with E-state index in [0.717, 1.165) is 17.8 Å². The zero-order valence-electron chi connectivity index (χ0n) is 11.2. The molecule has 4 heteroatoms. The van der Waals surface area contributed by atoms with Crippen LogP contribution in [0.3, 0.4) is 0 Å². The lowest BCUT2D eigenvalue weighted by atomic mass is 10.1. The van der Waals surface area contributed by atoms with E-state index in [0.29, 0.717) is 11.7 Å². The summed E-state index contributed by atoms with van der Waals surface area (Å²) in [5.74, 6) is 1.18. The third-order valence-corrected chi connectivity index (χ3v) is 3.02. The highest BCUT2D eigenvalue weighted by molar-refractivity contribution is 5.73. The summed E-state index contributed by atoms with van der Waals surface area (Å²) >= 11 is 0. The van der Waals surface area contributed by atoms with E-state index in [1.165, 1.54) is 5.56 Å². The monoisotopic (exact) mass is 265 g/mol. The van der Waals surface area contributed by atoms with Gasteiger partial charge in [-0.2, -0.15) is 4.98 Å². The first-order chi connectivity index (χ1) is 9.83. The van der Waals surface area contributed by atoms with Gasteiger partial charge in [0.25, 0.3) is 0 Å². The van der Waals surface area contributed by atoms with Gasteiger partial charge in [-0.1, -0.05) is 47.6 Å². The summed E-state index contributed by atoms with van der Waals surface area (Å²) < 4.78 is 5.05. The van der Waals surface area contributed by atoms with Crippen molar-refractivity contribution in [2.75, 3.05) is 5.32 Å². The normalized spacial score (nSPS) is 10.4. The van der Waals surface area contributed by atoms with E-state index < -0.39 is 0 Å². The largest absolute Gasteiger partial charge is 0.380 e. The molecule has 1 N–H and O–H groups in total. The second-order valence-corrected chi connectivity index (χ2v) is 4.52. The molecule has 0 aliphatic carbocycles. The molecule has 0 aliphatic rings. The average molecular weight is 265 g/mol. The summed E-state index contributed by atoms with van der Waals surface area (Å²) in [7, 11) is 0. The fourth-order valence-electron chi connectivity index (χ4n) is 2.03. The molecule has 2 aromatic carbocycles. The molecule has 0 saturated carbocycles. The smallest absolute Gasteiger partial charge is 0.223 e. The van der Waals surface area contributed by atoms with Gasteiger partial charge < -0.3 is 9.84 Å². The van der Waals surface area contributed by atoms with Crippen molar-refractivity contribution < 1.29 is 4.52 Å².